The first-order chi connectivity index (χ1) is 12.2. The predicted octanol–water partition coefficient (Wildman–Crippen LogP) is 1.06. The molecule has 0 saturated carbocycles. The number of carbonyl (C=O) groups excluding carboxylic acids is 2. The van der Waals surface area contributed by atoms with Gasteiger partial charge < -0.3 is 10.6 Å². The fourth-order valence-electron chi connectivity index (χ4n) is 3.19. The van der Waals surface area contributed by atoms with E-state index in [-0.39, 0.29) is 23.8 Å². The van der Waals surface area contributed by atoms with Crippen molar-refractivity contribution in [1.82, 2.24) is 20.5 Å². The first-order valence-electron chi connectivity index (χ1n) is 8.37. The van der Waals surface area contributed by atoms with Gasteiger partial charge in [-0.15, -0.1) is 0 Å². The third-order valence-electron chi connectivity index (χ3n) is 4.44. The Kier molecular flexibility index (Phi) is 5.40. The Morgan fingerprint density at radius 3 is 2.56 bits per heavy atom. The third-order valence-corrected chi connectivity index (χ3v) is 4.44. The van der Waals surface area contributed by atoms with Crippen LogP contribution in [0.3, 0.4) is 0 Å². The minimum atomic E-state index is -0.277. The van der Waals surface area contributed by atoms with Gasteiger partial charge in [-0.2, -0.15) is 0 Å². The van der Waals surface area contributed by atoms with Crippen molar-refractivity contribution in [2.75, 3.05) is 20.1 Å². The summed E-state index contributed by atoms with van der Waals surface area (Å²) in [7, 11) is 1.62. The van der Waals surface area contributed by atoms with E-state index < -0.39 is 0 Å². The molecule has 130 valence electrons. The lowest BCUT2D eigenvalue weighted by molar-refractivity contribution is -0.124. The van der Waals surface area contributed by atoms with Gasteiger partial charge in [-0.05, 0) is 17.7 Å². The Morgan fingerprint density at radius 2 is 1.88 bits per heavy atom. The van der Waals surface area contributed by atoms with Crippen LogP contribution in [0.1, 0.15) is 16.1 Å². The highest BCUT2D eigenvalue weighted by Crippen LogP contribution is 2.20. The number of benzene rings is 1. The molecule has 2 aromatic rings. The van der Waals surface area contributed by atoms with Crippen LogP contribution in [-0.4, -0.2) is 47.9 Å². The summed E-state index contributed by atoms with van der Waals surface area (Å²) in [5, 5.41) is 5.67. The fourth-order valence-corrected chi connectivity index (χ4v) is 3.19. The van der Waals surface area contributed by atoms with Crippen molar-refractivity contribution >= 4 is 11.8 Å². The van der Waals surface area contributed by atoms with Gasteiger partial charge >= 0.3 is 0 Å². The van der Waals surface area contributed by atoms with Crippen LogP contribution in [-0.2, 0) is 11.3 Å². The van der Waals surface area contributed by atoms with Gasteiger partial charge in [0.15, 0.2) is 0 Å². The average Bonchev–Trinajstić information content (AvgIpc) is 3.04. The lowest BCUT2D eigenvalue weighted by Gasteiger charge is -2.18. The van der Waals surface area contributed by atoms with Crippen molar-refractivity contribution in [3.8, 4) is 0 Å². The van der Waals surface area contributed by atoms with E-state index >= 15 is 0 Å². The van der Waals surface area contributed by atoms with Crippen molar-refractivity contribution in [1.29, 1.82) is 0 Å². The number of hydrogen-bond donors (Lipinski definition) is 2. The maximum absolute atomic E-state index is 12.4. The molecule has 2 heterocycles. The summed E-state index contributed by atoms with van der Waals surface area (Å²) in [6, 6.07) is 15.1. The standard InChI is InChI=1S/C19H22N4O2/c1-20-18(24)15-12-23(11-14-7-3-2-4-8-14)13-17(15)22-19(25)16-9-5-6-10-21-16/h2-10,15,17H,11-13H2,1H3,(H,20,24)(H,22,25)/t15-,17-/m0/s1. The highest BCUT2D eigenvalue weighted by Gasteiger charge is 2.38. The van der Waals surface area contributed by atoms with Crippen molar-refractivity contribution in [3.05, 3.63) is 66.0 Å². The lowest BCUT2D eigenvalue weighted by atomic mass is 10.0. The molecule has 2 N–H and O–H groups in total. The molecule has 1 fully saturated rings. The van der Waals surface area contributed by atoms with E-state index in [1.54, 1.807) is 31.4 Å². The molecular weight excluding hydrogens is 316 g/mol. The van der Waals surface area contributed by atoms with Gasteiger partial charge in [0.1, 0.15) is 5.69 Å². The summed E-state index contributed by atoms with van der Waals surface area (Å²) in [6.07, 6.45) is 1.58. The maximum Gasteiger partial charge on any atom is 0.270 e. The van der Waals surface area contributed by atoms with Crippen LogP contribution < -0.4 is 10.6 Å². The van der Waals surface area contributed by atoms with Crippen molar-refractivity contribution < 1.29 is 9.59 Å². The molecule has 1 aliphatic rings. The quantitative estimate of drug-likeness (QED) is 0.855. The molecular formula is C19H22N4O2. The fraction of sp³-hybridized carbons (Fsp3) is 0.316. The number of nitrogens with zero attached hydrogens (tertiary/aromatic N) is 2. The second-order valence-electron chi connectivity index (χ2n) is 6.20. The molecule has 2 atom stereocenters. The van der Waals surface area contributed by atoms with Gasteiger partial charge in [-0.1, -0.05) is 36.4 Å². The van der Waals surface area contributed by atoms with E-state index in [0.717, 1.165) is 6.54 Å². The molecule has 1 aromatic heterocycles. The Balaban J connectivity index is 1.69. The average molecular weight is 338 g/mol. The third kappa shape index (κ3) is 4.22. The van der Waals surface area contributed by atoms with E-state index in [2.05, 4.69) is 32.7 Å². The van der Waals surface area contributed by atoms with E-state index in [1.807, 2.05) is 18.2 Å². The van der Waals surface area contributed by atoms with Crippen LogP contribution in [0, 0.1) is 5.92 Å². The van der Waals surface area contributed by atoms with Crippen molar-refractivity contribution in [3.63, 3.8) is 0 Å². The van der Waals surface area contributed by atoms with Crippen LogP contribution in [0.2, 0.25) is 0 Å². The number of pyridine rings is 1. The van der Waals surface area contributed by atoms with Gasteiger partial charge in [0.25, 0.3) is 5.91 Å². The molecule has 2 amide bonds. The minimum Gasteiger partial charge on any atom is -0.359 e. The summed E-state index contributed by atoms with van der Waals surface area (Å²) < 4.78 is 0. The zero-order valence-electron chi connectivity index (χ0n) is 14.2. The SMILES string of the molecule is CNC(=O)[C@H]1CN(Cc2ccccc2)C[C@@H]1NC(=O)c1ccccn1. The lowest BCUT2D eigenvalue weighted by Crippen LogP contribution is -2.45. The number of likely N-dealkylation sites (tertiary alicyclic amines) is 1. The molecule has 0 aliphatic carbocycles. The molecule has 0 bridgehead atoms. The Bertz CT molecular complexity index is 721. The zero-order chi connectivity index (χ0) is 17.6. The molecule has 1 saturated heterocycles. The molecule has 25 heavy (non-hydrogen) atoms. The van der Waals surface area contributed by atoms with E-state index in [1.165, 1.54) is 5.56 Å². The van der Waals surface area contributed by atoms with Crippen LogP contribution >= 0.6 is 0 Å². The Morgan fingerprint density at radius 1 is 1.12 bits per heavy atom. The number of rotatable bonds is 5. The van der Waals surface area contributed by atoms with Crippen LogP contribution in [0.5, 0.6) is 0 Å². The number of hydrogen-bond acceptors (Lipinski definition) is 4. The molecule has 0 unspecified atom stereocenters. The van der Waals surface area contributed by atoms with E-state index in [0.29, 0.717) is 18.8 Å². The second-order valence-corrected chi connectivity index (χ2v) is 6.20. The largest absolute Gasteiger partial charge is 0.359 e. The van der Waals surface area contributed by atoms with Gasteiger partial charge in [-0.3, -0.25) is 19.5 Å². The summed E-state index contributed by atoms with van der Waals surface area (Å²) in [5.41, 5.74) is 1.55. The van der Waals surface area contributed by atoms with Crippen LogP contribution in [0.15, 0.2) is 54.7 Å². The molecule has 6 nitrogen and oxygen atoms in total. The Hall–Kier alpha value is -2.73. The number of amides is 2. The number of nitrogens with one attached hydrogen (secondary N) is 2. The molecule has 1 aliphatic heterocycles. The summed E-state index contributed by atoms with van der Waals surface area (Å²) in [6.45, 7) is 2.00. The van der Waals surface area contributed by atoms with E-state index in [9.17, 15) is 9.59 Å². The minimum absolute atomic E-state index is 0.0538. The topological polar surface area (TPSA) is 74.3 Å². The highest BCUT2D eigenvalue weighted by molar-refractivity contribution is 5.93. The zero-order valence-corrected chi connectivity index (χ0v) is 14.2. The summed E-state index contributed by atoms with van der Waals surface area (Å²) in [5.74, 6) is -0.579. The molecule has 0 radical (unpaired) electrons. The predicted molar refractivity (Wildman–Crippen MR) is 94.8 cm³/mol. The normalized spacial score (nSPS) is 20.2. The molecule has 3 rings (SSSR count). The first-order valence-corrected chi connectivity index (χ1v) is 8.37. The van der Waals surface area contributed by atoms with Gasteiger partial charge in [-0.25, -0.2) is 0 Å². The van der Waals surface area contributed by atoms with Gasteiger partial charge in [0.05, 0.1) is 12.0 Å². The van der Waals surface area contributed by atoms with E-state index in [4.69, 9.17) is 0 Å². The summed E-state index contributed by atoms with van der Waals surface area (Å²) in [4.78, 5) is 30.9. The van der Waals surface area contributed by atoms with Gasteiger partial charge in [0, 0.05) is 32.9 Å². The molecule has 1 aromatic carbocycles. The molecule has 0 spiro atoms. The number of aromatic nitrogens is 1. The van der Waals surface area contributed by atoms with Crippen molar-refractivity contribution in [2.45, 2.75) is 12.6 Å². The maximum atomic E-state index is 12.4. The van der Waals surface area contributed by atoms with Crippen molar-refractivity contribution in [2.24, 2.45) is 5.92 Å². The highest BCUT2D eigenvalue weighted by atomic mass is 16.2. The monoisotopic (exact) mass is 338 g/mol. The first kappa shape index (κ1) is 17.1. The van der Waals surface area contributed by atoms with Crippen LogP contribution in [0.25, 0.3) is 0 Å². The second kappa shape index (κ2) is 7.90. The number of carbonyl (C=O) groups is 2. The molecule has 6 heteroatoms. The summed E-state index contributed by atoms with van der Waals surface area (Å²) >= 11 is 0. The smallest absolute Gasteiger partial charge is 0.270 e. The van der Waals surface area contributed by atoms with Crippen LogP contribution in [0.4, 0.5) is 0 Å². The Labute approximate surface area is 147 Å². The van der Waals surface area contributed by atoms with Gasteiger partial charge in [0.2, 0.25) is 5.91 Å².